The van der Waals surface area contributed by atoms with Crippen LogP contribution in [0.5, 0.6) is 0 Å². The van der Waals surface area contributed by atoms with E-state index in [2.05, 4.69) is 15.2 Å². The van der Waals surface area contributed by atoms with Crippen molar-refractivity contribution in [2.75, 3.05) is 49.7 Å². The Morgan fingerprint density at radius 2 is 1.93 bits per heavy atom. The number of hydrogen-bond acceptors (Lipinski definition) is 8. The maximum Gasteiger partial charge on any atom is 0.147 e. The summed E-state index contributed by atoms with van der Waals surface area (Å²) in [5.41, 5.74) is 3.95. The second-order valence-corrected chi connectivity index (χ2v) is 9.40. The number of nitrogens with zero attached hydrogens (tertiary/aromatic N) is 4. The van der Waals surface area contributed by atoms with E-state index < -0.39 is 0 Å². The number of anilines is 2. The number of morpholine rings is 1. The fourth-order valence-electron chi connectivity index (χ4n) is 5.02. The van der Waals surface area contributed by atoms with Gasteiger partial charge in [-0.2, -0.15) is 0 Å². The summed E-state index contributed by atoms with van der Waals surface area (Å²) in [5.74, 6) is 2.09. The number of aromatic nitrogens is 3. The third-order valence-corrected chi connectivity index (χ3v) is 7.61. The van der Waals surface area contributed by atoms with E-state index >= 15 is 0 Å². The van der Waals surface area contributed by atoms with Crippen LogP contribution in [0, 0.1) is 0 Å². The molecule has 1 aliphatic carbocycles. The fourth-order valence-corrected chi connectivity index (χ4v) is 6.14. The Morgan fingerprint density at radius 1 is 1.07 bits per heavy atom. The van der Waals surface area contributed by atoms with Crippen LogP contribution in [0.4, 0.5) is 11.6 Å². The van der Waals surface area contributed by atoms with Gasteiger partial charge in [0.1, 0.15) is 22.8 Å². The summed E-state index contributed by atoms with van der Waals surface area (Å²) < 4.78 is 12.5. The van der Waals surface area contributed by atoms with Crippen LogP contribution in [0.2, 0.25) is 0 Å². The molecule has 6 rings (SSSR count). The Morgan fingerprint density at radius 3 is 2.77 bits per heavy atom. The van der Waals surface area contributed by atoms with Crippen molar-refractivity contribution in [2.24, 2.45) is 0 Å². The topological polar surface area (TPSA) is 72.4 Å². The third-order valence-electron chi connectivity index (χ3n) is 6.53. The van der Waals surface area contributed by atoms with E-state index in [4.69, 9.17) is 19.4 Å². The maximum atomic E-state index is 5.77. The Bertz CT molecular complexity index is 1070. The van der Waals surface area contributed by atoms with Crippen molar-refractivity contribution in [1.29, 1.82) is 0 Å². The summed E-state index contributed by atoms with van der Waals surface area (Å²) in [6, 6.07) is 0. The summed E-state index contributed by atoms with van der Waals surface area (Å²) in [6.07, 6.45) is 8.93. The zero-order valence-corrected chi connectivity index (χ0v) is 18.0. The number of hydrogen-bond donors (Lipinski definition) is 1. The van der Waals surface area contributed by atoms with Crippen LogP contribution in [-0.2, 0) is 22.3 Å². The minimum absolute atomic E-state index is 0.281. The lowest BCUT2D eigenvalue weighted by atomic mass is 9.90. The zero-order chi connectivity index (χ0) is 19.9. The van der Waals surface area contributed by atoms with Crippen molar-refractivity contribution in [1.82, 2.24) is 15.0 Å². The van der Waals surface area contributed by atoms with E-state index in [9.17, 15) is 0 Å². The van der Waals surface area contributed by atoms with E-state index in [0.29, 0.717) is 0 Å². The molecule has 158 valence electrons. The second-order valence-electron chi connectivity index (χ2n) is 8.40. The highest BCUT2D eigenvalue weighted by Gasteiger charge is 2.26. The maximum absolute atomic E-state index is 5.77. The molecule has 0 saturated carbocycles. The van der Waals surface area contributed by atoms with Crippen LogP contribution in [0.25, 0.3) is 20.4 Å². The van der Waals surface area contributed by atoms with Crippen molar-refractivity contribution in [3.8, 4) is 0 Å². The lowest BCUT2D eigenvalue weighted by Crippen LogP contribution is -2.37. The summed E-state index contributed by atoms with van der Waals surface area (Å²) in [6.45, 7) is 5.07. The molecule has 1 N–H and O–H groups in total. The van der Waals surface area contributed by atoms with Gasteiger partial charge in [-0.3, -0.25) is 0 Å². The molecule has 0 aromatic carbocycles. The molecule has 0 radical (unpaired) electrons. The number of rotatable bonds is 4. The molecular weight excluding hydrogens is 398 g/mol. The van der Waals surface area contributed by atoms with Crippen LogP contribution >= 0.6 is 11.3 Å². The van der Waals surface area contributed by atoms with Crippen LogP contribution < -0.4 is 10.2 Å². The van der Waals surface area contributed by atoms with Gasteiger partial charge in [-0.15, -0.1) is 11.3 Å². The van der Waals surface area contributed by atoms with Crippen LogP contribution in [0.15, 0.2) is 6.33 Å². The minimum atomic E-state index is 0.281. The standard InChI is InChI=1S/C22H27N5O2S/c1-2-6-16-15(5-1)17-18-19(20(25-13-24-18)23-12-14-4-3-9-29-14)30-22(17)26-21(16)27-7-10-28-11-8-27/h13-14H,1-12H2,(H,23,24,25)/t14-/m0/s1. The molecule has 2 aliphatic heterocycles. The van der Waals surface area contributed by atoms with E-state index in [-0.39, 0.29) is 6.10 Å². The fraction of sp³-hybridized carbons (Fsp3) is 0.591. The monoisotopic (exact) mass is 425 g/mol. The molecule has 0 spiro atoms. The summed E-state index contributed by atoms with van der Waals surface area (Å²) >= 11 is 1.72. The van der Waals surface area contributed by atoms with Gasteiger partial charge in [0.15, 0.2) is 0 Å². The summed E-state index contributed by atoms with van der Waals surface area (Å²) in [5, 5.41) is 4.78. The number of nitrogens with one attached hydrogen (secondary N) is 1. The molecular formula is C22H27N5O2S. The second kappa shape index (κ2) is 7.90. The minimum Gasteiger partial charge on any atom is -0.378 e. The molecule has 0 amide bonds. The number of ether oxygens (including phenoxy) is 2. The van der Waals surface area contributed by atoms with Gasteiger partial charge in [0.25, 0.3) is 0 Å². The molecule has 2 fully saturated rings. The number of thiophene rings is 1. The molecule has 0 unspecified atom stereocenters. The lowest BCUT2D eigenvalue weighted by molar-refractivity contribution is 0.120. The van der Waals surface area contributed by atoms with Crippen molar-refractivity contribution >= 4 is 43.4 Å². The quantitative estimate of drug-likeness (QED) is 0.685. The Labute approximate surface area is 179 Å². The first-order chi connectivity index (χ1) is 14.9. The van der Waals surface area contributed by atoms with Gasteiger partial charge in [0.2, 0.25) is 0 Å². The molecule has 3 aromatic heterocycles. The summed E-state index contributed by atoms with van der Waals surface area (Å²) in [7, 11) is 0. The van der Waals surface area contributed by atoms with E-state index in [1.807, 2.05) is 0 Å². The zero-order valence-electron chi connectivity index (χ0n) is 17.2. The SMILES string of the molecule is c1nc(NC[C@@H]2CCCO2)c2sc3nc(N4CCOCC4)c4c(c3c2n1)CCCC4. The average molecular weight is 426 g/mol. The smallest absolute Gasteiger partial charge is 0.147 e. The highest BCUT2D eigenvalue weighted by Crippen LogP contribution is 2.42. The predicted molar refractivity (Wildman–Crippen MR) is 120 cm³/mol. The van der Waals surface area contributed by atoms with Crippen LogP contribution in [0.1, 0.15) is 36.8 Å². The van der Waals surface area contributed by atoms with Gasteiger partial charge >= 0.3 is 0 Å². The van der Waals surface area contributed by atoms with E-state index in [1.54, 1.807) is 17.7 Å². The highest BCUT2D eigenvalue weighted by molar-refractivity contribution is 7.26. The number of pyridine rings is 1. The van der Waals surface area contributed by atoms with Crippen molar-refractivity contribution in [2.45, 2.75) is 44.6 Å². The molecule has 3 aromatic rings. The van der Waals surface area contributed by atoms with Gasteiger partial charge in [-0.1, -0.05) is 0 Å². The van der Waals surface area contributed by atoms with Crippen molar-refractivity contribution < 1.29 is 9.47 Å². The van der Waals surface area contributed by atoms with Gasteiger partial charge in [-0.25, -0.2) is 15.0 Å². The lowest BCUT2D eigenvalue weighted by Gasteiger charge is -2.31. The van der Waals surface area contributed by atoms with Crippen LogP contribution in [-0.4, -0.2) is 60.5 Å². The number of aryl methyl sites for hydroxylation is 1. The first-order valence-corrected chi connectivity index (χ1v) is 12.0. The first kappa shape index (κ1) is 18.7. The van der Waals surface area contributed by atoms with Gasteiger partial charge in [-0.05, 0) is 49.7 Å². The normalized spacial score (nSPS) is 22.0. The molecule has 5 heterocycles. The van der Waals surface area contributed by atoms with E-state index in [0.717, 1.165) is 86.0 Å². The van der Waals surface area contributed by atoms with Gasteiger partial charge < -0.3 is 19.7 Å². The summed E-state index contributed by atoms with van der Waals surface area (Å²) in [4.78, 5) is 18.0. The first-order valence-electron chi connectivity index (χ1n) is 11.2. The van der Waals surface area contributed by atoms with Gasteiger partial charge in [0.05, 0.1) is 29.5 Å². The molecule has 2 saturated heterocycles. The molecule has 30 heavy (non-hydrogen) atoms. The van der Waals surface area contributed by atoms with Gasteiger partial charge in [0, 0.05) is 31.6 Å². The van der Waals surface area contributed by atoms with Crippen molar-refractivity contribution in [3.05, 3.63) is 17.5 Å². The Hall–Kier alpha value is -2.03. The van der Waals surface area contributed by atoms with Crippen LogP contribution in [0.3, 0.4) is 0 Å². The highest BCUT2D eigenvalue weighted by atomic mass is 32.1. The molecule has 7 nitrogen and oxygen atoms in total. The molecule has 1 atom stereocenters. The number of fused-ring (bicyclic) bond motifs is 5. The largest absolute Gasteiger partial charge is 0.378 e. The Kier molecular flexibility index (Phi) is 4.93. The molecule has 3 aliphatic rings. The van der Waals surface area contributed by atoms with E-state index in [1.165, 1.54) is 35.2 Å². The molecule has 8 heteroatoms. The average Bonchev–Trinajstić information content (AvgIpc) is 3.45. The Balaban J connectivity index is 1.46. The predicted octanol–water partition coefficient (Wildman–Crippen LogP) is 3.55. The van der Waals surface area contributed by atoms with Crippen molar-refractivity contribution in [3.63, 3.8) is 0 Å². The third kappa shape index (κ3) is 3.21. The molecule has 0 bridgehead atoms.